The number of aromatic amines is 1. The Kier molecular flexibility index (Phi) is 7.23. The van der Waals surface area contributed by atoms with Gasteiger partial charge in [-0.25, -0.2) is 9.36 Å². The van der Waals surface area contributed by atoms with Crippen LogP contribution < -0.4 is 20.9 Å². The number of nitrogens with one attached hydrogen (secondary N) is 2. The third-order valence-electron chi connectivity index (χ3n) is 4.42. The SMILES string of the molecule is C[C@H](NP(=O)(OC[C@H]1O[C@@H](n2ncc(=O)[nH]c2=O)[C@H](O)[C@@H]1O)Oc1ccccc1)C(=O)O. The molecule has 3 rings (SSSR count). The molecule has 0 bridgehead atoms. The molecule has 1 aromatic carbocycles. The van der Waals surface area contributed by atoms with E-state index in [1.807, 2.05) is 4.98 Å². The fraction of sp³-hybridized carbons (Fsp3) is 0.412. The van der Waals surface area contributed by atoms with Gasteiger partial charge in [-0.05, 0) is 19.1 Å². The summed E-state index contributed by atoms with van der Waals surface area (Å²) in [4.78, 5) is 36.2. The zero-order valence-corrected chi connectivity index (χ0v) is 17.5. The van der Waals surface area contributed by atoms with E-state index < -0.39 is 62.2 Å². The Morgan fingerprint density at radius 2 is 2.00 bits per heavy atom. The van der Waals surface area contributed by atoms with Gasteiger partial charge in [0.15, 0.2) is 6.23 Å². The Hall–Kier alpha value is -2.87. The molecule has 32 heavy (non-hydrogen) atoms. The van der Waals surface area contributed by atoms with E-state index >= 15 is 0 Å². The number of para-hydroxylation sites is 1. The quantitative estimate of drug-likeness (QED) is 0.274. The predicted molar refractivity (Wildman–Crippen MR) is 106 cm³/mol. The fourth-order valence-electron chi connectivity index (χ4n) is 2.79. The summed E-state index contributed by atoms with van der Waals surface area (Å²) in [6, 6.07) is 6.50. The summed E-state index contributed by atoms with van der Waals surface area (Å²) in [6.45, 7) is 0.609. The molecule has 2 heterocycles. The standard InChI is InChI=1S/C17H21N4O10P/c1-9(16(25)26)20-32(28,31-10-5-3-2-4-6-10)29-8-11-13(23)14(24)15(30-11)21-17(27)19-12(22)7-18-21/h2-7,9,11,13-15,23-24H,8H2,1H3,(H,20,28)(H,25,26)(H,19,22,27)/t9-,11+,13+,14+,15+,32?/m0/s1. The van der Waals surface area contributed by atoms with E-state index in [2.05, 4.69) is 10.2 Å². The van der Waals surface area contributed by atoms with Crippen LogP contribution in [-0.2, 0) is 18.6 Å². The summed E-state index contributed by atoms with van der Waals surface area (Å²) in [6.07, 6.45) is -5.22. The molecular weight excluding hydrogens is 451 g/mol. The van der Waals surface area contributed by atoms with Gasteiger partial charge >= 0.3 is 19.4 Å². The molecule has 0 spiro atoms. The third kappa shape index (κ3) is 5.48. The van der Waals surface area contributed by atoms with Gasteiger partial charge in [0.1, 0.15) is 36.3 Å². The van der Waals surface area contributed by atoms with E-state index in [-0.39, 0.29) is 5.75 Å². The average molecular weight is 472 g/mol. The van der Waals surface area contributed by atoms with Crippen molar-refractivity contribution in [3.8, 4) is 5.75 Å². The lowest BCUT2D eigenvalue weighted by atomic mass is 10.1. The first kappa shape index (κ1) is 23.8. The van der Waals surface area contributed by atoms with Gasteiger partial charge in [-0.15, -0.1) is 0 Å². The molecule has 1 aliphatic heterocycles. The average Bonchev–Trinajstić information content (AvgIpc) is 3.01. The van der Waals surface area contributed by atoms with Gasteiger partial charge < -0.3 is 24.6 Å². The number of carbonyl (C=O) groups is 1. The Labute approximate surface area is 180 Å². The van der Waals surface area contributed by atoms with Crippen LogP contribution >= 0.6 is 7.75 Å². The fourth-order valence-corrected chi connectivity index (χ4v) is 4.29. The number of ether oxygens (including phenoxy) is 1. The zero-order valence-electron chi connectivity index (χ0n) is 16.6. The number of carboxylic acid groups (broad SMARTS) is 1. The van der Waals surface area contributed by atoms with Crippen LogP contribution in [0.25, 0.3) is 0 Å². The molecule has 1 aromatic heterocycles. The molecule has 0 amide bonds. The molecule has 1 unspecified atom stereocenters. The van der Waals surface area contributed by atoms with Gasteiger partial charge in [-0.2, -0.15) is 14.9 Å². The molecular formula is C17H21N4O10P. The largest absolute Gasteiger partial charge is 0.480 e. The maximum atomic E-state index is 13.2. The summed E-state index contributed by atoms with van der Waals surface area (Å²) < 4.78 is 29.8. The van der Waals surface area contributed by atoms with Crippen LogP contribution in [0.1, 0.15) is 13.2 Å². The van der Waals surface area contributed by atoms with Gasteiger partial charge in [0.25, 0.3) is 5.56 Å². The number of hydrogen-bond donors (Lipinski definition) is 5. The van der Waals surface area contributed by atoms with Crippen molar-refractivity contribution in [3.63, 3.8) is 0 Å². The maximum Gasteiger partial charge on any atom is 0.459 e. The van der Waals surface area contributed by atoms with Gasteiger partial charge in [0, 0.05) is 0 Å². The molecule has 14 nitrogen and oxygen atoms in total. The lowest BCUT2D eigenvalue weighted by molar-refractivity contribution is -0.138. The highest BCUT2D eigenvalue weighted by molar-refractivity contribution is 7.52. The second kappa shape index (κ2) is 9.73. The van der Waals surface area contributed by atoms with Crippen LogP contribution in [0.4, 0.5) is 0 Å². The van der Waals surface area contributed by atoms with Crippen LogP contribution in [0.5, 0.6) is 5.75 Å². The smallest absolute Gasteiger partial charge is 0.459 e. The van der Waals surface area contributed by atoms with Crippen LogP contribution in [0.15, 0.2) is 46.1 Å². The van der Waals surface area contributed by atoms with Crippen molar-refractivity contribution in [1.29, 1.82) is 0 Å². The highest BCUT2D eigenvalue weighted by Crippen LogP contribution is 2.45. The number of rotatable bonds is 9. The number of aliphatic hydroxyl groups excluding tert-OH is 2. The molecule has 0 saturated carbocycles. The van der Waals surface area contributed by atoms with Crippen molar-refractivity contribution in [2.45, 2.75) is 37.5 Å². The second-order valence-electron chi connectivity index (χ2n) is 6.82. The molecule has 5 N–H and O–H groups in total. The van der Waals surface area contributed by atoms with Crippen LogP contribution in [0, 0.1) is 0 Å². The first-order valence-electron chi connectivity index (χ1n) is 9.29. The summed E-state index contributed by atoms with van der Waals surface area (Å²) >= 11 is 0. The number of aliphatic carboxylic acids is 1. The minimum atomic E-state index is -4.29. The van der Waals surface area contributed by atoms with Crippen LogP contribution in [0.2, 0.25) is 0 Å². The Morgan fingerprint density at radius 3 is 2.62 bits per heavy atom. The molecule has 0 aliphatic carbocycles. The molecule has 0 radical (unpaired) electrons. The van der Waals surface area contributed by atoms with Crippen molar-refractivity contribution < 1.29 is 38.5 Å². The summed E-state index contributed by atoms with van der Waals surface area (Å²) in [7, 11) is -4.29. The van der Waals surface area contributed by atoms with Crippen LogP contribution in [0.3, 0.4) is 0 Å². The monoisotopic (exact) mass is 472 g/mol. The van der Waals surface area contributed by atoms with Crippen molar-refractivity contribution in [2.75, 3.05) is 6.61 Å². The number of nitrogens with zero attached hydrogens (tertiary/aromatic N) is 2. The lowest BCUT2D eigenvalue weighted by Gasteiger charge is -2.23. The first-order valence-corrected chi connectivity index (χ1v) is 10.8. The van der Waals surface area contributed by atoms with Gasteiger partial charge in [0.2, 0.25) is 0 Å². The van der Waals surface area contributed by atoms with Crippen molar-refractivity contribution >= 4 is 13.7 Å². The number of carboxylic acids is 1. The number of aromatic nitrogens is 3. The minimum absolute atomic E-state index is 0.121. The molecule has 174 valence electrons. The Morgan fingerprint density at radius 1 is 1.31 bits per heavy atom. The van der Waals surface area contributed by atoms with Crippen molar-refractivity contribution in [1.82, 2.24) is 19.9 Å². The van der Waals surface area contributed by atoms with E-state index in [0.717, 1.165) is 6.20 Å². The van der Waals surface area contributed by atoms with E-state index in [0.29, 0.717) is 4.68 Å². The van der Waals surface area contributed by atoms with E-state index in [1.54, 1.807) is 18.2 Å². The topological polar surface area (TPSA) is 202 Å². The lowest BCUT2D eigenvalue weighted by Crippen LogP contribution is -2.39. The highest BCUT2D eigenvalue weighted by atomic mass is 31.2. The second-order valence-corrected chi connectivity index (χ2v) is 8.51. The van der Waals surface area contributed by atoms with E-state index in [4.69, 9.17) is 18.9 Å². The molecule has 1 aliphatic rings. The highest BCUT2D eigenvalue weighted by Gasteiger charge is 2.46. The van der Waals surface area contributed by atoms with E-state index in [1.165, 1.54) is 19.1 Å². The number of hydrogen-bond acceptors (Lipinski definition) is 10. The van der Waals surface area contributed by atoms with Crippen molar-refractivity contribution in [2.24, 2.45) is 0 Å². The van der Waals surface area contributed by atoms with Gasteiger partial charge in [-0.3, -0.25) is 19.1 Å². The number of aliphatic hydroxyl groups is 2. The number of benzene rings is 1. The Balaban J connectivity index is 1.76. The first-order chi connectivity index (χ1) is 15.1. The summed E-state index contributed by atoms with van der Waals surface area (Å²) in [5.41, 5.74) is -1.75. The predicted octanol–water partition coefficient (Wildman–Crippen LogP) is -1.18. The third-order valence-corrected chi connectivity index (χ3v) is 6.06. The normalized spacial score (nSPS) is 25.7. The zero-order chi connectivity index (χ0) is 23.5. The van der Waals surface area contributed by atoms with Gasteiger partial charge in [0.05, 0.1) is 6.61 Å². The molecule has 1 saturated heterocycles. The van der Waals surface area contributed by atoms with Crippen LogP contribution in [-0.4, -0.2) is 67.0 Å². The number of H-pyrrole nitrogens is 1. The van der Waals surface area contributed by atoms with E-state index in [9.17, 15) is 29.2 Å². The minimum Gasteiger partial charge on any atom is -0.480 e. The molecule has 2 aromatic rings. The van der Waals surface area contributed by atoms with Gasteiger partial charge in [-0.1, -0.05) is 18.2 Å². The van der Waals surface area contributed by atoms with Crippen molar-refractivity contribution in [3.05, 3.63) is 57.4 Å². The summed E-state index contributed by atoms with van der Waals surface area (Å²) in [5, 5.41) is 35.5. The molecule has 1 fully saturated rings. The molecule has 6 atom stereocenters. The Bertz CT molecular complexity index is 1110. The maximum absolute atomic E-state index is 13.2. The molecule has 15 heteroatoms. The summed E-state index contributed by atoms with van der Waals surface area (Å²) in [5.74, 6) is -1.20.